The Morgan fingerprint density at radius 1 is 1.27 bits per heavy atom. The summed E-state index contributed by atoms with van der Waals surface area (Å²) in [5.41, 5.74) is 0. The highest BCUT2D eigenvalue weighted by molar-refractivity contribution is 7.99. The van der Waals surface area contributed by atoms with Crippen LogP contribution in [0.4, 0.5) is 0 Å². The molecule has 2 saturated heterocycles. The maximum atomic E-state index is 9.43. The molecule has 1 N–H and O–H groups in total. The number of aliphatic hydroxyl groups excluding tert-OH is 1. The van der Waals surface area contributed by atoms with E-state index in [4.69, 9.17) is 4.42 Å². The third-order valence-corrected chi connectivity index (χ3v) is 6.01. The first-order valence-electron chi connectivity index (χ1n) is 8.48. The summed E-state index contributed by atoms with van der Waals surface area (Å²) in [6.07, 6.45) is 3.51. The van der Waals surface area contributed by atoms with E-state index in [9.17, 15) is 5.11 Å². The monoisotopic (exact) mass is 324 g/mol. The van der Waals surface area contributed by atoms with E-state index in [1.54, 1.807) is 0 Å². The molecule has 124 valence electrons. The van der Waals surface area contributed by atoms with Gasteiger partial charge >= 0.3 is 0 Å². The fourth-order valence-corrected chi connectivity index (χ4v) is 4.78. The number of furan rings is 1. The molecular weight excluding hydrogens is 296 g/mol. The summed E-state index contributed by atoms with van der Waals surface area (Å²) in [6, 6.07) is 5.32. The van der Waals surface area contributed by atoms with E-state index < -0.39 is 0 Å². The Kier molecular flexibility index (Phi) is 5.85. The van der Waals surface area contributed by atoms with Crippen LogP contribution in [0.15, 0.2) is 16.5 Å². The zero-order valence-electron chi connectivity index (χ0n) is 13.5. The summed E-state index contributed by atoms with van der Waals surface area (Å²) < 4.78 is 5.74. The molecule has 1 aromatic rings. The molecule has 4 nitrogen and oxygen atoms in total. The SMILES string of the molecule is Cc1ccc(CN2CCN(C3CCSCC3)C[C@H]2CCO)o1. The van der Waals surface area contributed by atoms with Crippen molar-refractivity contribution in [3.8, 4) is 0 Å². The van der Waals surface area contributed by atoms with Crippen LogP contribution in [0.1, 0.15) is 30.8 Å². The van der Waals surface area contributed by atoms with E-state index in [2.05, 4.69) is 27.6 Å². The van der Waals surface area contributed by atoms with E-state index >= 15 is 0 Å². The molecule has 2 fully saturated rings. The third-order valence-electron chi connectivity index (χ3n) is 4.96. The molecule has 3 heterocycles. The van der Waals surface area contributed by atoms with Gasteiger partial charge in [0.2, 0.25) is 0 Å². The Morgan fingerprint density at radius 2 is 2.09 bits per heavy atom. The van der Waals surface area contributed by atoms with Crippen molar-refractivity contribution in [2.75, 3.05) is 37.7 Å². The summed E-state index contributed by atoms with van der Waals surface area (Å²) in [6.45, 7) is 6.45. The molecule has 0 aliphatic carbocycles. The zero-order valence-corrected chi connectivity index (χ0v) is 14.4. The van der Waals surface area contributed by atoms with Crippen molar-refractivity contribution < 1.29 is 9.52 Å². The van der Waals surface area contributed by atoms with Crippen LogP contribution in [0.25, 0.3) is 0 Å². The van der Waals surface area contributed by atoms with Crippen molar-refractivity contribution in [2.24, 2.45) is 0 Å². The Bertz CT molecular complexity index is 459. The maximum absolute atomic E-state index is 9.43. The van der Waals surface area contributed by atoms with Crippen molar-refractivity contribution in [1.29, 1.82) is 0 Å². The molecule has 0 radical (unpaired) electrons. The molecule has 22 heavy (non-hydrogen) atoms. The molecule has 1 atom stereocenters. The first kappa shape index (κ1) is 16.4. The molecule has 1 aromatic heterocycles. The molecule has 2 aliphatic rings. The first-order chi connectivity index (χ1) is 10.8. The van der Waals surface area contributed by atoms with Gasteiger partial charge in [-0.05, 0) is 49.8 Å². The minimum absolute atomic E-state index is 0.271. The van der Waals surface area contributed by atoms with Crippen LogP contribution in [0, 0.1) is 6.92 Å². The highest BCUT2D eigenvalue weighted by Gasteiger charge is 2.31. The molecule has 5 heteroatoms. The Balaban J connectivity index is 1.60. The predicted molar refractivity (Wildman–Crippen MR) is 91.3 cm³/mol. The van der Waals surface area contributed by atoms with Crippen molar-refractivity contribution >= 4 is 11.8 Å². The largest absolute Gasteiger partial charge is 0.465 e. The van der Waals surface area contributed by atoms with Gasteiger partial charge in [0.1, 0.15) is 11.5 Å². The number of aliphatic hydroxyl groups is 1. The van der Waals surface area contributed by atoms with E-state index in [0.717, 1.165) is 50.2 Å². The Hall–Kier alpha value is -0.490. The normalized spacial score (nSPS) is 25.6. The van der Waals surface area contributed by atoms with E-state index in [1.807, 2.05) is 13.0 Å². The Morgan fingerprint density at radius 3 is 2.77 bits per heavy atom. The highest BCUT2D eigenvalue weighted by atomic mass is 32.2. The molecule has 0 saturated carbocycles. The van der Waals surface area contributed by atoms with Crippen LogP contribution >= 0.6 is 11.8 Å². The van der Waals surface area contributed by atoms with Crippen LogP contribution in [0.2, 0.25) is 0 Å². The number of piperazine rings is 1. The van der Waals surface area contributed by atoms with Gasteiger partial charge in [0.15, 0.2) is 0 Å². The van der Waals surface area contributed by atoms with Gasteiger partial charge < -0.3 is 9.52 Å². The molecule has 3 rings (SSSR count). The van der Waals surface area contributed by atoms with Crippen molar-refractivity contribution in [1.82, 2.24) is 9.80 Å². The van der Waals surface area contributed by atoms with Gasteiger partial charge in [0.25, 0.3) is 0 Å². The fourth-order valence-electron chi connectivity index (χ4n) is 3.70. The van der Waals surface area contributed by atoms with Gasteiger partial charge in [-0.25, -0.2) is 0 Å². The fraction of sp³-hybridized carbons (Fsp3) is 0.765. The summed E-state index contributed by atoms with van der Waals surface area (Å²) in [7, 11) is 0. The average Bonchev–Trinajstić information content (AvgIpc) is 2.95. The Labute approximate surface area is 137 Å². The summed E-state index contributed by atoms with van der Waals surface area (Å²) in [5, 5.41) is 9.43. The smallest absolute Gasteiger partial charge is 0.118 e. The number of nitrogens with zero attached hydrogens (tertiary/aromatic N) is 2. The van der Waals surface area contributed by atoms with Crippen LogP contribution in [0.5, 0.6) is 0 Å². The molecule has 0 bridgehead atoms. The van der Waals surface area contributed by atoms with Crippen LogP contribution in [-0.4, -0.2) is 64.7 Å². The third kappa shape index (κ3) is 4.07. The van der Waals surface area contributed by atoms with E-state index in [1.165, 1.54) is 24.3 Å². The lowest BCUT2D eigenvalue weighted by Gasteiger charge is -2.45. The van der Waals surface area contributed by atoms with Crippen molar-refractivity contribution in [2.45, 2.75) is 44.8 Å². The topological polar surface area (TPSA) is 39.9 Å². The van der Waals surface area contributed by atoms with Gasteiger partial charge in [-0.3, -0.25) is 9.80 Å². The minimum atomic E-state index is 0.271. The quantitative estimate of drug-likeness (QED) is 0.900. The van der Waals surface area contributed by atoms with Crippen LogP contribution in [0.3, 0.4) is 0 Å². The molecule has 2 aliphatic heterocycles. The van der Waals surface area contributed by atoms with Gasteiger partial charge in [0, 0.05) is 38.3 Å². The lowest BCUT2D eigenvalue weighted by Crippen LogP contribution is -2.56. The summed E-state index contributed by atoms with van der Waals surface area (Å²) >= 11 is 2.09. The number of thioether (sulfide) groups is 1. The summed E-state index contributed by atoms with van der Waals surface area (Å²) in [5.74, 6) is 4.64. The first-order valence-corrected chi connectivity index (χ1v) is 9.64. The predicted octanol–water partition coefficient (Wildman–Crippen LogP) is 2.35. The number of hydrogen-bond donors (Lipinski definition) is 1. The maximum Gasteiger partial charge on any atom is 0.118 e. The molecule has 0 aromatic carbocycles. The van der Waals surface area contributed by atoms with Gasteiger partial charge in [-0.1, -0.05) is 0 Å². The second-order valence-corrected chi connectivity index (χ2v) is 7.71. The average molecular weight is 324 g/mol. The summed E-state index contributed by atoms with van der Waals surface area (Å²) in [4.78, 5) is 5.16. The molecule has 0 amide bonds. The number of aryl methyl sites for hydroxylation is 1. The standard InChI is InChI=1S/C17H28N2O2S/c1-14-2-3-17(21-14)13-19-8-7-18(12-16(19)4-9-20)15-5-10-22-11-6-15/h2-3,15-16,20H,4-13H2,1H3/t16-/m1/s1. The lowest BCUT2D eigenvalue weighted by molar-refractivity contribution is 0.0257. The number of rotatable bonds is 5. The van der Waals surface area contributed by atoms with E-state index in [-0.39, 0.29) is 6.61 Å². The van der Waals surface area contributed by atoms with Gasteiger partial charge in [-0.15, -0.1) is 0 Å². The number of hydrogen-bond acceptors (Lipinski definition) is 5. The highest BCUT2D eigenvalue weighted by Crippen LogP contribution is 2.25. The second kappa shape index (κ2) is 7.86. The molecule has 0 unspecified atom stereocenters. The van der Waals surface area contributed by atoms with Gasteiger partial charge in [-0.2, -0.15) is 11.8 Å². The van der Waals surface area contributed by atoms with Crippen molar-refractivity contribution in [3.63, 3.8) is 0 Å². The van der Waals surface area contributed by atoms with Gasteiger partial charge in [0.05, 0.1) is 6.54 Å². The van der Waals surface area contributed by atoms with Crippen LogP contribution < -0.4 is 0 Å². The van der Waals surface area contributed by atoms with Crippen LogP contribution in [-0.2, 0) is 6.54 Å². The molecule has 0 spiro atoms. The minimum Gasteiger partial charge on any atom is -0.465 e. The lowest BCUT2D eigenvalue weighted by atomic mass is 10.0. The van der Waals surface area contributed by atoms with Crippen molar-refractivity contribution in [3.05, 3.63) is 23.7 Å². The zero-order chi connectivity index (χ0) is 15.4. The van der Waals surface area contributed by atoms with E-state index in [0.29, 0.717) is 6.04 Å². The second-order valence-electron chi connectivity index (χ2n) is 6.49. The molecular formula is C17H28N2O2S.